The van der Waals surface area contributed by atoms with Gasteiger partial charge in [-0.3, -0.25) is 9.36 Å². The molecule has 0 aliphatic carbocycles. The van der Waals surface area contributed by atoms with Crippen molar-refractivity contribution in [3.8, 4) is 11.5 Å². The summed E-state index contributed by atoms with van der Waals surface area (Å²) < 4.78 is 18.9. The maximum atomic E-state index is 14.0. The number of rotatable bonds is 5. The van der Waals surface area contributed by atoms with Crippen molar-refractivity contribution in [2.45, 2.75) is 13.0 Å². The molecule has 39 heavy (non-hydrogen) atoms. The second-order valence-corrected chi connectivity index (χ2v) is 10.3. The van der Waals surface area contributed by atoms with Crippen LogP contribution < -0.4 is 24.4 Å². The standard InChI is InChI=1S/C30H23ClN2O5S/c1-2-36-29(35)25-26(19-6-4-3-5-7-19)32-30-33(27(25)20-9-11-21(31)12-10-20)28(34)24(39-30)17-18-8-13-22-23(16-18)38-15-14-37-22/h3-13,16-17,27H,2,14-15H2,1H3/b24-17+. The van der Waals surface area contributed by atoms with E-state index in [9.17, 15) is 9.59 Å². The Hall–Kier alpha value is -4.14. The number of esters is 1. The van der Waals surface area contributed by atoms with Crippen LogP contribution in [0.1, 0.15) is 29.7 Å². The maximum absolute atomic E-state index is 14.0. The highest BCUT2D eigenvalue weighted by molar-refractivity contribution is 7.07. The van der Waals surface area contributed by atoms with Gasteiger partial charge in [0.05, 0.1) is 28.5 Å². The SMILES string of the molecule is CCOC(=O)C1=C(c2ccccc2)N=c2s/c(=C/c3ccc4c(c3)OCCO4)c(=O)n2C1c1ccc(Cl)cc1. The van der Waals surface area contributed by atoms with Gasteiger partial charge in [0.15, 0.2) is 16.3 Å². The second kappa shape index (κ2) is 10.6. The van der Waals surface area contributed by atoms with E-state index in [-0.39, 0.29) is 12.2 Å². The summed E-state index contributed by atoms with van der Waals surface area (Å²) in [6, 6.07) is 21.4. The van der Waals surface area contributed by atoms with Gasteiger partial charge in [-0.1, -0.05) is 71.5 Å². The summed E-state index contributed by atoms with van der Waals surface area (Å²) in [4.78, 5) is 32.8. The second-order valence-electron chi connectivity index (χ2n) is 8.89. The Balaban J connectivity index is 1.60. The Bertz CT molecular complexity index is 1770. The molecule has 1 unspecified atom stereocenters. The van der Waals surface area contributed by atoms with E-state index in [1.807, 2.05) is 60.7 Å². The van der Waals surface area contributed by atoms with Crippen LogP contribution in [0.5, 0.6) is 11.5 Å². The number of halogens is 1. The minimum atomic E-state index is -0.754. The fourth-order valence-electron chi connectivity index (χ4n) is 4.70. The number of ether oxygens (including phenoxy) is 3. The predicted molar refractivity (Wildman–Crippen MR) is 150 cm³/mol. The number of fused-ring (bicyclic) bond motifs is 2. The van der Waals surface area contributed by atoms with E-state index in [1.54, 1.807) is 29.7 Å². The molecule has 3 aromatic carbocycles. The average Bonchev–Trinajstić information content (AvgIpc) is 3.27. The van der Waals surface area contributed by atoms with E-state index in [0.29, 0.717) is 50.3 Å². The topological polar surface area (TPSA) is 79.1 Å². The summed E-state index contributed by atoms with van der Waals surface area (Å²) in [5, 5.41) is 0.551. The molecule has 0 bridgehead atoms. The van der Waals surface area contributed by atoms with Gasteiger partial charge in [0.25, 0.3) is 5.56 Å². The zero-order chi connectivity index (χ0) is 26.9. The number of aromatic nitrogens is 1. The summed E-state index contributed by atoms with van der Waals surface area (Å²) in [5.41, 5.74) is 2.77. The lowest BCUT2D eigenvalue weighted by atomic mass is 9.93. The van der Waals surface area contributed by atoms with Crippen LogP contribution in [0.2, 0.25) is 5.02 Å². The Morgan fingerprint density at radius 3 is 2.56 bits per heavy atom. The molecule has 4 aromatic rings. The molecule has 7 nitrogen and oxygen atoms in total. The molecule has 0 radical (unpaired) electrons. The molecule has 0 saturated carbocycles. The fraction of sp³-hybridized carbons (Fsp3) is 0.167. The van der Waals surface area contributed by atoms with Gasteiger partial charge in [0.1, 0.15) is 13.2 Å². The van der Waals surface area contributed by atoms with Crippen LogP contribution in [-0.2, 0) is 9.53 Å². The number of nitrogens with zero attached hydrogens (tertiary/aromatic N) is 2. The lowest BCUT2D eigenvalue weighted by Crippen LogP contribution is -2.40. The number of thiazole rings is 1. The molecule has 1 atom stereocenters. The number of carbonyl (C=O) groups excluding carboxylic acids is 1. The van der Waals surface area contributed by atoms with Crippen molar-refractivity contribution >= 4 is 40.7 Å². The van der Waals surface area contributed by atoms with Crippen molar-refractivity contribution in [2.24, 2.45) is 4.99 Å². The van der Waals surface area contributed by atoms with Crippen LogP contribution in [0, 0.1) is 0 Å². The molecule has 0 fully saturated rings. The maximum Gasteiger partial charge on any atom is 0.338 e. The van der Waals surface area contributed by atoms with Gasteiger partial charge in [-0.15, -0.1) is 0 Å². The summed E-state index contributed by atoms with van der Waals surface area (Å²) in [5.74, 6) is 0.785. The van der Waals surface area contributed by atoms with Crippen LogP contribution in [0.3, 0.4) is 0 Å². The summed E-state index contributed by atoms with van der Waals surface area (Å²) >= 11 is 7.45. The third kappa shape index (κ3) is 4.77. The lowest BCUT2D eigenvalue weighted by Gasteiger charge is -2.25. The normalized spacial score (nSPS) is 16.5. The first-order valence-corrected chi connectivity index (χ1v) is 13.7. The van der Waals surface area contributed by atoms with Crippen LogP contribution in [0.4, 0.5) is 0 Å². The summed E-state index contributed by atoms with van der Waals surface area (Å²) in [6.07, 6.45) is 1.80. The van der Waals surface area contributed by atoms with E-state index in [1.165, 1.54) is 11.3 Å². The van der Waals surface area contributed by atoms with E-state index < -0.39 is 12.0 Å². The van der Waals surface area contributed by atoms with Crippen molar-refractivity contribution in [1.82, 2.24) is 4.57 Å². The zero-order valence-corrected chi connectivity index (χ0v) is 22.5. The highest BCUT2D eigenvalue weighted by atomic mass is 35.5. The number of carbonyl (C=O) groups is 1. The number of benzene rings is 3. The Morgan fingerprint density at radius 1 is 1.08 bits per heavy atom. The molecule has 0 N–H and O–H groups in total. The third-order valence-corrected chi connectivity index (χ3v) is 7.66. The molecule has 0 spiro atoms. The Kier molecular flexibility index (Phi) is 6.81. The fourth-order valence-corrected chi connectivity index (χ4v) is 5.83. The van der Waals surface area contributed by atoms with Crippen molar-refractivity contribution < 1.29 is 19.0 Å². The van der Waals surface area contributed by atoms with Crippen LogP contribution in [0.15, 0.2) is 88.2 Å². The van der Waals surface area contributed by atoms with E-state index >= 15 is 0 Å². The van der Waals surface area contributed by atoms with Gasteiger partial charge in [-0.25, -0.2) is 9.79 Å². The Labute approximate surface area is 232 Å². The largest absolute Gasteiger partial charge is 0.486 e. The minimum absolute atomic E-state index is 0.187. The summed E-state index contributed by atoms with van der Waals surface area (Å²) in [6.45, 7) is 2.91. The van der Waals surface area contributed by atoms with Gasteiger partial charge in [0.2, 0.25) is 0 Å². The first-order valence-electron chi connectivity index (χ1n) is 12.5. The van der Waals surface area contributed by atoms with Gasteiger partial charge in [-0.05, 0) is 48.4 Å². The molecule has 0 amide bonds. The molecule has 196 valence electrons. The molecule has 9 heteroatoms. The van der Waals surface area contributed by atoms with Crippen molar-refractivity contribution in [3.63, 3.8) is 0 Å². The zero-order valence-electron chi connectivity index (χ0n) is 20.9. The molecule has 2 aliphatic rings. The predicted octanol–water partition coefficient (Wildman–Crippen LogP) is 4.36. The molecule has 6 rings (SSSR count). The minimum Gasteiger partial charge on any atom is -0.486 e. The molecular weight excluding hydrogens is 536 g/mol. The number of hydrogen-bond donors (Lipinski definition) is 0. The van der Waals surface area contributed by atoms with Gasteiger partial charge >= 0.3 is 5.97 Å². The molecular formula is C30H23ClN2O5S. The average molecular weight is 559 g/mol. The smallest absolute Gasteiger partial charge is 0.338 e. The highest BCUT2D eigenvalue weighted by Gasteiger charge is 2.35. The van der Waals surface area contributed by atoms with E-state index in [0.717, 1.165) is 16.7 Å². The lowest BCUT2D eigenvalue weighted by molar-refractivity contribution is -0.138. The first-order chi connectivity index (χ1) is 19.0. The van der Waals surface area contributed by atoms with Gasteiger partial charge in [-0.2, -0.15) is 0 Å². The Morgan fingerprint density at radius 2 is 1.82 bits per heavy atom. The third-order valence-electron chi connectivity index (χ3n) is 6.42. The monoisotopic (exact) mass is 558 g/mol. The molecule has 3 heterocycles. The van der Waals surface area contributed by atoms with Crippen molar-refractivity contribution in [1.29, 1.82) is 0 Å². The van der Waals surface area contributed by atoms with Crippen LogP contribution in [0.25, 0.3) is 11.8 Å². The molecule has 2 aliphatic heterocycles. The van der Waals surface area contributed by atoms with Gasteiger partial charge in [0, 0.05) is 10.6 Å². The molecule has 0 saturated heterocycles. The van der Waals surface area contributed by atoms with E-state index in [2.05, 4.69) is 0 Å². The first kappa shape index (κ1) is 25.2. The highest BCUT2D eigenvalue weighted by Crippen LogP contribution is 2.35. The quantitative estimate of drug-likeness (QED) is 0.340. The van der Waals surface area contributed by atoms with Crippen molar-refractivity contribution in [3.05, 3.63) is 120 Å². The summed E-state index contributed by atoms with van der Waals surface area (Å²) in [7, 11) is 0. The van der Waals surface area contributed by atoms with Crippen LogP contribution >= 0.6 is 22.9 Å². The number of hydrogen-bond acceptors (Lipinski definition) is 7. The van der Waals surface area contributed by atoms with Gasteiger partial charge < -0.3 is 14.2 Å². The molecule has 1 aromatic heterocycles. The van der Waals surface area contributed by atoms with Crippen LogP contribution in [-0.4, -0.2) is 30.4 Å². The van der Waals surface area contributed by atoms with E-state index in [4.69, 9.17) is 30.8 Å². The van der Waals surface area contributed by atoms with Crippen molar-refractivity contribution in [2.75, 3.05) is 19.8 Å².